The minimum absolute atomic E-state index is 0.148. The van der Waals surface area contributed by atoms with E-state index in [4.69, 9.17) is 0 Å². The fraction of sp³-hybridized carbons (Fsp3) is 0.417. The van der Waals surface area contributed by atoms with Crippen molar-refractivity contribution < 1.29 is 4.79 Å². The van der Waals surface area contributed by atoms with Crippen LogP contribution < -0.4 is 4.90 Å². The highest BCUT2D eigenvalue weighted by Crippen LogP contribution is 2.43. The maximum Gasteiger partial charge on any atom is 0.136 e. The maximum absolute atomic E-state index is 11.1. The lowest BCUT2D eigenvalue weighted by Gasteiger charge is -2.35. The Hall–Kier alpha value is -1.89. The van der Waals surface area contributed by atoms with Crippen LogP contribution in [-0.4, -0.2) is 24.9 Å². The van der Waals surface area contributed by atoms with Crippen molar-refractivity contribution in [2.75, 3.05) is 19.0 Å². The Balaban J connectivity index is 2.48. The van der Waals surface area contributed by atoms with E-state index in [1.54, 1.807) is 6.20 Å². The first-order chi connectivity index (χ1) is 7.59. The summed E-state index contributed by atoms with van der Waals surface area (Å²) in [4.78, 5) is 17.3. The Labute approximate surface area is 94.5 Å². The fourth-order valence-electron chi connectivity index (χ4n) is 2.08. The van der Waals surface area contributed by atoms with Crippen molar-refractivity contribution in [2.24, 2.45) is 0 Å². The number of ketones is 1. The molecule has 0 bridgehead atoms. The first-order valence-electron chi connectivity index (χ1n) is 5.15. The van der Waals surface area contributed by atoms with E-state index in [0.29, 0.717) is 12.8 Å². The summed E-state index contributed by atoms with van der Waals surface area (Å²) in [6, 6.07) is 5.97. The number of carbonyl (C=O) groups is 1. The second kappa shape index (κ2) is 3.60. The van der Waals surface area contributed by atoms with Crippen molar-refractivity contribution in [3.63, 3.8) is 0 Å². The third-order valence-electron chi connectivity index (χ3n) is 2.94. The Morgan fingerprint density at radius 1 is 1.50 bits per heavy atom. The molecule has 1 aliphatic carbocycles. The van der Waals surface area contributed by atoms with Crippen LogP contribution in [0.2, 0.25) is 0 Å². The Kier molecular flexibility index (Phi) is 2.39. The molecule has 4 nitrogen and oxygen atoms in total. The number of pyridine rings is 1. The molecule has 4 heteroatoms. The summed E-state index contributed by atoms with van der Waals surface area (Å²) in [6.07, 6.45) is 2.33. The maximum atomic E-state index is 11.1. The second-order valence-corrected chi connectivity index (χ2v) is 4.36. The van der Waals surface area contributed by atoms with Gasteiger partial charge in [-0.05, 0) is 6.07 Å². The summed E-state index contributed by atoms with van der Waals surface area (Å²) in [7, 11) is 3.77. The van der Waals surface area contributed by atoms with Crippen molar-refractivity contribution in [1.29, 1.82) is 5.26 Å². The molecule has 16 heavy (non-hydrogen) atoms. The highest BCUT2D eigenvalue weighted by molar-refractivity contribution is 5.90. The molecule has 1 saturated carbocycles. The largest absolute Gasteiger partial charge is 0.362 e. The summed E-state index contributed by atoms with van der Waals surface area (Å²) in [6.45, 7) is 0. The molecule has 1 fully saturated rings. The number of Topliss-reactive ketones (excluding diaryl/α,β-unsaturated/α-hetero) is 1. The second-order valence-electron chi connectivity index (χ2n) is 4.36. The third kappa shape index (κ3) is 1.45. The highest BCUT2D eigenvalue weighted by atomic mass is 16.1. The first kappa shape index (κ1) is 10.6. The summed E-state index contributed by atoms with van der Waals surface area (Å²) >= 11 is 0. The Morgan fingerprint density at radius 2 is 2.19 bits per heavy atom. The van der Waals surface area contributed by atoms with Gasteiger partial charge in [0.1, 0.15) is 11.6 Å². The predicted octanol–water partition coefficient (Wildman–Crippen LogP) is 1.27. The van der Waals surface area contributed by atoms with Gasteiger partial charge < -0.3 is 4.90 Å². The molecule has 1 aromatic rings. The van der Waals surface area contributed by atoms with Gasteiger partial charge in [0, 0.05) is 38.7 Å². The lowest BCUT2D eigenvalue weighted by Crippen LogP contribution is -2.41. The van der Waals surface area contributed by atoms with Gasteiger partial charge in [0.15, 0.2) is 0 Å². The van der Waals surface area contributed by atoms with Crippen LogP contribution in [0.4, 0.5) is 5.82 Å². The standard InChI is InChI=1S/C12H13N3O/c1-15(2)11-10(4-3-5-14-11)12(8-13)6-9(16)7-12/h3-5H,6-7H2,1-2H3. The molecule has 0 amide bonds. The Bertz CT molecular complexity index is 465. The fourth-order valence-corrected chi connectivity index (χ4v) is 2.08. The topological polar surface area (TPSA) is 57.0 Å². The molecular weight excluding hydrogens is 202 g/mol. The van der Waals surface area contributed by atoms with Gasteiger partial charge in [-0.15, -0.1) is 0 Å². The van der Waals surface area contributed by atoms with Gasteiger partial charge in [-0.2, -0.15) is 5.26 Å². The number of anilines is 1. The third-order valence-corrected chi connectivity index (χ3v) is 2.94. The van der Waals surface area contributed by atoms with Crippen molar-refractivity contribution in [3.05, 3.63) is 23.9 Å². The van der Waals surface area contributed by atoms with Crippen LogP contribution >= 0.6 is 0 Å². The van der Waals surface area contributed by atoms with Crippen LogP contribution in [0.3, 0.4) is 0 Å². The minimum atomic E-state index is -0.648. The molecule has 1 heterocycles. The van der Waals surface area contributed by atoms with Crippen LogP contribution in [0, 0.1) is 11.3 Å². The zero-order valence-electron chi connectivity index (χ0n) is 9.40. The smallest absolute Gasteiger partial charge is 0.136 e. The zero-order valence-corrected chi connectivity index (χ0v) is 9.40. The molecule has 0 saturated heterocycles. The lowest BCUT2D eigenvalue weighted by molar-refractivity contribution is -0.126. The van der Waals surface area contributed by atoms with Gasteiger partial charge in [0.05, 0.1) is 11.5 Å². The number of nitrogens with zero attached hydrogens (tertiary/aromatic N) is 3. The molecule has 0 unspecified atom stereocenters. The monoisotopic (exact) mass is 215 g/mol. The molecule has 0 spiro atoms. The average Bonchev–Trinajstić information content (AvgIpc) is 2.24. The van der Waals surface area contributed by atoms with Gasteiger partial charge in [-0.3, -0.25) is 4.79 Å². The number of aromatic nitrogens is 1. The van der Waals surface area contributed by atoms with Crippen molar-refractivity contribution >= 4 is 11.6 Å². The molecule has 82 valence electrons. The minimum Gasteiger partial charge on any atom is -0.362 e. The number of rotatable bonds is 2. The van der Waals surface area contributed by atoms with Gasteiger partial charge in [0.25, 0.3) is 0 Å². The zero-order chi connectivity index (χ0) is 11.8. The predicted molar refractivity (Wildman–Crippen MR) is 60.1 cm³/mol. The first-order valence-corrected chi connectivity index (χ1v) is 5.15. The van der Waals surface area contributed by atoms with E-state index in [-0.39, 0.29) is 5.78 Å². The van der Waals surface area contributed by atoms with E-state index in [2.05, 4.69) is 11.1 Å². The summed E-state index contributed by atoms with van der Waals surface area (Å²) < 4.78 is 0. The van der Waals surface area contributed by atoms with Crippen molar-refractivity contribution in [3.8, 4) is 6.07 Å². The summed E-state index contributed by atoms with van der Waals surface area (Å²) in [5.74, 6) is 0.923. The molecule has 0 aliphatic heterocycles. The molecule has 1 aromatic heterocycles. The van der Waals surface area contributed by atoms with Crippen molar-refractivity contribution in [1.82, 2.24) is 4.98 Å². The summed E-state index contributed by atoms with van der Waals surface area (Å²) in [5.41, 5.74) is 0.215. The van der Waals surface area contributed by atoms with Gasteiger partial charge in [0.2, 0.25) is 0 Å². The molecule has 0 radical (unpaired) electrons. The SMILES string of the molecule is CN(C)c1ncccc1C1(C#N)CC(=O)C1. The van der Waals surface area contributed by atoms with E-state index in [1.165, 1.54) is 0 Å². The quantitative estimate of drug-likeness (QED) is 0.745. The van der Waals surface area contributed by atoms with E-state index in [0.717, 1.165) is 11.4 Å². The van der Waals surface area contributed by atoms with E-state index < -0.39 is 5.41 Å². The Morgan fingerprint density at radius 3 is 2.69 bits per heavy atom. The van der Waals surface area contributed by atoms with Crippen LogP contribution in [0.5, 0.6) is 0 Å². The normalized spacial score (nSPS) is 17.4. The number of nitriles is 1. The number of hydrogen-bond acceptors (Lipinski definition) is 4. The van der Waals surface area contributed by atoms with Gasteiger partial charge >= 0.3 is 0 Å². The number of carbonyl (C=O) groups excluding carboxylic acids is 1. The van der Waals surface area contributed by atoms with Crippen LogP contribution in [0.25, 0.3) is 0 Å². The molecule has 0 N–H and O–H groups in total. The van der Waals surface area contributed by atoms with E-state index >= 15 is 0 Å². The van der Waals surface area contributed by atoms with Crippen molar-refractivity contribution in [2.45, 2.75) is 18.3 Å². The van der Waals surface area contributed by atoms with Gasteiger partial charge in [-0.25, -0.2) is 4.98 Å². The molecule has 0 atom stereocenters. The lowest BCUT2D eigenvalue weighted by atomic mass is 9.64. The molecular formula is C12H13N3O. The summed E-state index contributed by atoms with van der Waals surface area (Å²) in [5, 5.41) is 9.27. The molecule has 2 rings (SSSR count). The number of hydrogen-bond donors (Lipinski definition) is 0. The van der Waals surface area contributed by atoms with Crippen LogP contribution in [0.1, 0.15) is 18.4 Å². The van der Waals surface area contributed by atoms with Crippen LogP contribution in [-0.2, 0) is 10.2 Å². The molecule has 1 aliphatic rings. The average molecular weight is 215 g/mol. The van der Waals surface area contributed by atoms with Gasteiger partial charge in [-0.1, -0.05) is 6.07 Å². The van der Waals surface area contributed by atoms with E-state index in [1.807, 2.05) is 31.1 Å². The highest BCUT2D eigenvalue weighted by Gasteiger charge is 2.47. The van der Waals surface area contributed by atoms with Crippen LogP contribution in [0.15, 0.2) is 18.3 Å². The molecule has 0 aromatic carbocycles. The van der Waals surface area contributed by atoms with E-state index in [9.17, 15) is 10.1 Å².